The molecule has 0 N–H and O–H groups in total. The monoisotopic (exact) mass is 222 g/mol. The van der Waals surface area contributed by atoms with E-state index in [-0.39, 0.29) is 17.4 Å². The molecule has 13 heavy (non-hydrogen) atoms. The zero-order chi connectivity index (χ0) is 10.7. The van der Waals surface area contributed by atoms with E-state index >= 15 is 0 Å². The molecule has 0 spiro atoms. The quantitative estimate of drug-likeness (QED) is 0.333. The minimum absolute atomic E-state index is 0. The van der Waals surface area contributed by atoms with E-state index in [9.17, 15) is 25.9 Å². The van der Waals surface area contributed by atoms with Crippen LogP contribution in [0.5, 0.6) is 0 Å². The second-order valence-corrected chi connectivity index (χ2v) is 0.782. The van der Waals surface area contributed by atoms with Crippen LogP contribution in [0.2, 0.25) is 0 Å². The van der Waals surface area contributed by atoms with Gasteiger partial charge in [0.25, 0.3) is 0 Å². The molecule has 0 radical (unpaired) electrons. The Morgan fingerprint density at radius 2 is 0.538 bits per heavy atom. The maximum Gasteiger partial charge on any atom is 3.00 e. The van der Waals surface area contributed by atoms with Crippen molar-refractivity contribution in [3.05, 3.63) is 0 Å². The molecule has 0 unspecified atom stereocenters. The first-order chi connectivity index (χ1) is 5.20. The number of halogens is 6. The van der Waals surface area contributed by atoms with Crippen molar-refractivity contribution in [2.24, 2.45) is 0 Å². The van der Waals surface area contributed by atoms with Gasteiger partial charge in [0.2, 0.25) is 0 Å². The average Bonchev–Trinajstić information content (AvgIpc) is 1.54. The van der Waals surface area contributed by atoms with Gasteiger partial charge in [-0.2, -0.15) is 0 Å². The fourth-order valence-electron chi connectivity index (χ4n) is 0. The molecule has 0 aromatic heterocycles. The van der Waals surface area contributed by atoms with Crippen molar-refractivity contribution in [1.82, 2.24) is 0 Å². The van der Waals surface area contributed by atoms with Crippen molar-refractivity contribution in [2.75, 3.05) is 0 Å². The summed E-state index contributed by atoms with van der Waals surface area (Å²) >= 11 is 0. The molecular weight excluding hydrogens is 221 g/mol. The topological polar surface area (TPSA) is 69.2 Å². The van der Waals surface area contributed by atoms with E-state index in [1.807, 2.05) is 0 Å². The van der Waals surface area contributed by atoms with Crippen LogP contribution in [0.25, 0.3) is 0 Å². The molecule has 0 aromatic carbocycles. The minimum atomic E-state index is -3.42. The average molecular weight is 221 g/mol. The Kier molecular flexibility index (Phi) is 32.3. The summed E-state index contributed by atoms with van der Waals surface area (Å²) in [6.45, 7) is 0. The van der Waals surface area contributed by atoms with Gasteiger partial charge in [-0.05, 0) is 0 Å². The molecule has 0 aliphatic heterocycles. The molecule has 0 saturated heterocycles. The van der Waals surface area contributed by atoms with Crippen LogP contribution in [0.15, 0.2) is 0 Å². The molecule has 0 amide bonds. The number of hydrogen-bond donors (Lipinski definition) is 0. The van der Waals surface area contributed by atoms with E-state index in [2.05, 4.69) is 0 Å². The summed E-state index contributed by atoms with van der Waals surface area (Å²) in [5.41, 5.74) is 0. The van der Waals surface area contributed by atoms with Gasteiger partial charge in [0.05, 0.1) is 0 Å². The Hall–Kier alpha value is 0.187. The Labute approximate surface area is 81.5 Å². The summed E-state index contributed by atoms with van der Waals surface area (Å²) < 4.78 is 58.7. The van der Waals surface area contributed by atoms with Gasteiger partial charge in [-0.1, -0.05) is 0 Å². The molecule has 3 nitrogen and oxygen atoms in total. The van der Waals surface area contributed by atoms with Crippen LogP contribution in [0, 0.1) is 0 Å². The molecule has 0 aromatic rings. The van der Waals surface area contributed by atoms with Crippen molar-refractivity contribution in [2.45, 2.75) is 0 Å². The predicted molar refractivity (Wildman–Crippen MR) is 29.7 cm³/mol. The Bertz CT molecular complexity index is 51.6. The maximum absolute atomic E-state index is 9.78. The summed E-state index contributed by atoms with van der Waals surface area (Å²) in [6.07, 6.45) is 0. The third-order valence-corrected chi connectivity index (χ3v) is 0. The second kappa shape index (κ2) is 18.1. The van der Waals surface area contributed by atoms with Crippen molar-refractivity contribution >= 4 is 39.8 Å². The van der Waals surface area contributed by atoms with Gasteiger partial charge in [0.15, 0.2) is 0 Å². The molecule has 0 aliphatic rings. The summed E-state index contributed by atoms with van der Waals surface area (Å²) in [5, 5.41) is 24.6. The third kappa shape index (κ3) is 36100. The smallest absolute Gasteiger partial charge is 0.824 e. The molecule has 13 heteroatoms. The van der Waals surface area contributed by atoms with Crippen molar-refractivity contribution in [3.8, 4) is 0 Å². The molecule has 0 aliphatic carbocycles. The normalized spacial score (nSPS) is 6.23. The van der Waals surface area contributed by atoms with E-state index in [1.54, 1.807) is 0 Å². The zero-order valence-corrected chi connectivity index (χ0v) is 6.96. The molecule has 0 bridgehead atoms. The fraction of sp³-hybridized carbons (Fsp3) is 0. The third-order valence-electron chi connectivity index (χ3n) is 0. The van der Waals surface area contributed by atoms with E-state index < -0.39 is 22.4 Å². The summed E-state index contributed by atoms with van der Waals surface area (Å²) in [7, 11) is -10.2. The van der Waals surface area contributed by atoms with Gasteiger partial charge in [0, 0.05) is 0 Å². The van der Waals surface area contributed by atoms with Gasteiger partial charge in [-0.25, -0.2) is 0 Å². The van der Waals surface area contributed by atoms with Gasteiger partial charge in [-0.15, -0.1) is 0 Å². The summed E-state index contributed by atoms with van der Waals surface area (Å²) in [5.74, 6) is 0. The van der Waals surface area contributed by atoms with Crippen molar-refractivity contribution < 1.29 is 41.0 Å². The predicted octanol–water partition coefficient (Wildman–Crippen LogP) is -2.57. The fourth-order valence-corrected chi connectivity index (χ4v) is 0. The molecule has 0 fully saturated rings. The number of rotatable bonds is 0. The first-order valence-corrected chi connectivity index (χ1v) is 2.02. The SMILES string of the molecule is [Al+3].[O-]B(F)F.[O-]B(F)F.[O-]B(F)F. The molecule has 0 heterocycles. The second-order valence-electron chi connectivity index (χ2n) is 0.782. The summed E-state index contributed by atoms with van der Waals surface area (Å²) in [6, 6.07) is 0. The first kappa shape index (κ1) is 23.2. The van der Waals surface area contributed by atoms with Gasteiger partial charge in [-0.3, -0.25) is 0 Å². The van der Waals surface area contributed by atoms with Crippen molar-refractivity contribution in [3.63, 3.8) is 0 Å². The van der Waals surface area contributed by atoms with Crippen LogP contribution >= 0.6 is 0 Å². The molecule has 0 atom stereocenters. The van der Waals surface area contributed by atoms with Crippen LogP contribution in [0.1, 0.15) is 0 Å². The van der Waals surface area contributed by atoms with E-state index in [1.165, 1.54) is 0 Å². The first-order valence-electron chi connectivity index (χ1n) is 2.02. The molecule has 72 valence electrons. The zero-order valence-electron chi connectivity index (χ0n) is 5.80. The van der Waals surface area contributed by atoms with Crippen LogP contribution in [-0.4, -0.2) is 39.8 Å². The van der Waals surface area contributed by atoms with Crippen LogP contribution in [0.4, 0.5) is 25.9 Å². The summed E-state index contributed by atoms with van der Waals surface area (Å²) in [4.78, 5) is 0. The Balaban J connectivity index is -0.0000000450. The van der Waals surface area contributed by atoms with Crippen LogP contribution in [0.3, 0.4) is 0 Å². The van der Waals surface area contributed by atoms with Crippen molar-refractivity contribution in [1.29, 1.82) is 0 Å². The molecule has 0 saturated carbocycles. The van der Waals surface area contributed by atoms with E-state index in [0.717, 1.165) is 0 Å². The van der Waals surface area contributed by atoms with Gasteiger partial charge < -0.3 is 41.0 Å². The van der Waals surface area contributed by atoms with E-state index in [4.69, 9.17) is 15.1 Å². The van der Waals surface area contributed by atoms with Gasteiger partial charge in [0.1, 0.15) is 0 Å². The Morgan fingerprint density at radius 3 is 0.538 bits per heavy atom. The minimum Gasteiger partial charge on any atom is -0.824 e. The maximum atomic E-state index is 9.78. The van der Waals surface area contributed by atoms with Crippen LogP contribution < -0.4 is 15.1 Å². The van der Waals surface area contributed by atoms with Gasteiger partial charge >= 0.3 is 39.8 Å². The van der Waals surface area contributed by atoms with Crippen LogP contribution in [-0.2, 0) is 0 Å². The standard InChI is InChI=1S/Al.3BF2O/c;3*2-1(3)4/q+3;3*-1. The number of hydrogen-bond acceptors (Lipinski definition) is 3. The largest absolute Gasteiger partial charge is 3.00 e. The van der Waals surface area contributed by atoms with E-state index in [0.29, 0.717) is 0 Å². The molecule has 0 rings (SSSR count). The molecular formula is AlB3F6O3. The Morgan fingerprint density at radius 1 is 0.538 bits per heavy atom.